The van der Waals surface area contributed by atoms with Crippen LogP contribution in [0.1, 0.15) is 0 Å². The van der Waals surface area contributed by atoms with E-state index >= 15 is 0 Å². The van der Waals surface area contributed by atoms with Crippen molar-refractivity contribution in [1.29, 1.82) is 0 Å². The van der Waals surface area contributed by atoms with Gasteiger partial charge in [-0.15, -0.1) is 0 Å². The van der Waals surface area contributed by atoms with Gasteiger partial charge in [-0.05, 0) is 0 Å². The summed E-state index contributed by atoms with van der Waals surface area (Å²) in [4.78, 5) is 0. The van der Waals surface area contributed by atoms with Crippen LogP contribution in [0.2, 0.25) is 11.6 Å². The van der Waals surface area contributed by atoms with Crippen molar-refractivity contribution >= 4 is 31.3 Å². The van der Waals surface area contributed by atoms with Crippen molar-refractivity contribution < 1.29 is 0 Å². The molecule has 0 atom stereocenters. The molecule has 0 aliphatic carbocycles. The summed E-state index contributed by atoms with van der Waals surface area (Å²) < 4.78 is 0. The fourth-order valence-electron chi connectivity index (χ4n) is 0. The molecule has 0 fully saturated rings. The van der Waals surface area contributed by atoms with Gasteiger partial charge >= 0.3 is 11.2 Å². The van der Waals surface area contributed by atoms with Crippen molar-refractivity contribution in [2.24, 2.45) is 0 Å². The highest BCUT2D eigenvalue weighted by molar-refractivity contribution is 7.44. The van der Waals surface area contributed by atoms with Gasteiger partial charge in [-0.3, -0.25) is 0 Å². The van der Waals surface area contributed by atoms with Gasteiger partial charge in [0.2, 0.25) is 0 Å². The molecular formula is C2H6AlCl2-. The lowest BCUT2D eigenvalue weighted by Crippen LogP contribution is -2.02. The molecule has 0 radical (unpaired) electrons. The van der Waals surface area contributed by atoms with Gasteiger partial charge in [0, 0.05) is 0 Å². The fraction of sp³-hybridized carbons (Fsp3) is 1.00. The van der Waals surface area contributed by atoms with E-state index in [-0.39, 0.29) is 0 Å². The minimum Gasteiger partial charge on any atom is -0.423 e. The fourth-order valence-corrected chi connectivity index (χ4v) is 0. The lowest BCUT2D eigenvalue weighted by molar-refractivity contribution is 2.06. The highest BCUT2D eigenvalue weighted by atomic mass is 35.7. The molecule has 0 nitrogen and oxygen atoms in total. The zero-order valence-electron chi connectivity index (χ0n) is 3.33. The second-order valence-electron chi connectivity index (χ2n) is 1.53. The summed E-state index contributed by atoms with van der Waals surface area (Å²) in [6.07, 6.45) is 0. The molecule has 0 unspecified atom stereocenters. The van der Waals surface area contributed by atoms with Crippen LogP contribution in [0.5, 0.6) is 0 Å². The first-order chi connectivity index (χ1) is 2.00. The monoisotopic (exact) mass is 127 g/mol. The molecule has 0 aliphatic heterocycles. The first kappa shape index (κ1) is 6.11. The number of hydrogen-bond acceptors (Lipinski definition) is 0. The maximum atomic E-state index is 5.46. The molecule has 5 heavy (non-hydrogen) atoms. The van der Waals surface area contributed by atoms with Crippen LogP contribution in [-0.4, -0.2) is 11.2 Å². The number of hydrogen-bond donors (Lipinski definition) is 0. The van der Waals surface area contributed by atoms with Crippen LogP contribution in [0.4, 0.5) is 0 Å². The van der Waals surface area contributed by atoms with E-state index in [1.165, 1.54) is 0 Å². The standard InChI is InChI=1S/2CH3.Al.2ClH/h2*1H3;;2*1H/q;;+1;;/p-2. The highest BCUT2D eigenvalue weighted by Gasteiger charge is 2.05. The molecule has 0 aliphatic rings. The van der Waals surface area contributed by atoms with Crippen LogP contribution >= 0.6 is 20.1 Å². The minimum atomic E-state index is -1.89. The molecule has 0 aromatic rings. The second-order valence-corrected chi connectivity index (χ2v) is 11.8. The second kappa shape index (κ2) is 1.71. The molecule has 0 rings (SSSR count). The molecule has 0 saturated carbocycles. The van der Waals surface area contributed by atoms with E-state index in [1.54, 1.807) is 0 Å². The quantitative estimate of drug-likeness (QED) is 0.438. The van der Waals surface area contributed by atoms with Crippen LogP contribution in [0.25, 0.3) is 0 Å². The Kier molecular flexibility index (Phi) is 2.09. The summed E-state index contributed by atoms with van der Waals surface area (Å²) in [5, 5.41) is 0. The van der Waals surface area contributed by atoms with E-state index in [2.05, 4.69) is 0 Å². The van der Waals surface area contributed by atoms with Crippen molar-refractivity contribution in [3.05, 3.63) is 0 Å². The zero-order chi connectivity index (χ0) is 4.50. The van der Waals surface area contributed by atoms with Crippen molar-refractivity contribution in [2.75, 3.05) is 0 Å². The summed E-state index contributed by atoms with van der Waals surface area (Å²) >= 11 is -1.89. The number of rotatable bonds is 0. The maximum Gasteiger partial charge on any atom is 0.338 e. The Morgan fingerprint density at radius 2 is 1.20 bits per heavy atom. The molecule has 0 bridgehead atoms. The largest absolute Gasteiger partial charge is 0.423 e. The molecule has 3 heteroatoms. The smallest absolute Gasteiger partial charge is 0.338 e. The van der Waals surface area contributed by atoms with E-state index in [9.17, 15) is 0 Å². The van der Waals surface area contributed by atoms with Crippen molar-refractivity contribution in [3.8, 4) is 0 Å². The predicted octanol–water partition coefficient (Wildman–Crippen LogP) is 2.17. The van der Waals surface area contributed by atoms with E-state index in [0.29, 0.717) is 0 Å². The summed E-state index contributed by atoms with van der Waals surface area (Å²) in [7, 11) is 10.9. The van der Waals surface area contributed by atoms with E-state index < -0.39 is 11.2 Å². The molecular weight excluding hydrogens is 122 g/mol. The van der Waals surface area contributed by atoms with Gasteiger partial charge in [0.05, 0.1) is 0 Å². The van der Waals surface area contributed by atoms with Gasteiger partial charge in [-0.2, -0.15) is 11.6 Å². The van der Waals surface area contributed by atoms with E-state index in [1.807, 2.05) is 11.6 Å². The first-order valence-corrected chi connectivity index (χ1v) is 7.39. The van der Waals surface area contributed by atoms with Crippen LogP contribution in [0.15, 0.2) is 0 Å². The Balaban J connectivity index is 3.02. The lowest BCUT2D eigenvalue weighted by Gasteiger charge is -2.01. The lowest BCUT2D eigenvalue weighted by atomic mass is 11.9. The summed E-state index contributed by atoms with van der Waals surface area (Å²) in [5.41, 5.74) is 0. The van der Waals surface area contributed by atoms with Crippen molar-refractivity contribution in [2.45, 2.75) is 11.6 Å². The first-order valence-electron chi connectivity index (χ1n) is 1.59. The zero-order valence-corrected chi connectivity index (χ0v) is 6.00. The summed E-state index contributed by atoms with van der Waals surface area (Å²) in [6, 6.07) is 0. The van der Waals surface area contributed by atoms with Gasteiger partial charge < -0.3 is 20.1 Å². The van der Waals surface area contributed by atoms with Crippen molar-refractivity contribution in [3.63, 3.8) is 0 Å². The molecule has 0 aromatic heterocycles. The molecule has 0 spiro atoms. The van der Waals surface area contributed by atoms with Gasteiger partial charge in [0.25, 0.3) is 0 Å². The molecule has 0 N–H and O–H groups in total. The van der Waals surface area contributed by atoms with Crippen LogP contribution < -0.4 is 0 Å². The minimum absolute atomic E-state index is 1.89. The Hall–Kier alpha value is 1.11. The Bertz CT molecular complexity index is 23.1. The van der Waals surface area contributed by atoms with Crippen molar-refractivity contribution in [1.82, 2.24) is 0 Å². The molecule has 0 heterocycles. The molecule has 0 amide bonds. The van der Waals surface area contributed by atoms with Crippen LogP contribution in [0.3, 0.4) is 0 Å². The van der Waals surface area contributed by atoms with E-state index in [0.717, 1.165) is 0 Å². The highest BCUT2D eigenvalue weighted by Crippen LogP contribution is 2.10. The Labute approximate surface area is 43.2 Å². The Morgan fingerprint density at radius 1 is 1.20 bits per heavy atom. The Morgan fingerprint density at radius 3 is 1.20 bits per heavy atom. The predicted molar refractivity (Wildman–Crippen MR) is 29.2 cm³/mol. The summed E-state index contributed by atoms with van der Waals surface area (Å²) in [5.74, 6) is 3.77. The average Bonchev–Trinajstić information content (AvgIpc) is 0.722. The van der Waals surface area contributed by atoms with Gasteiger partial charge in [-0.1, -0.05) is 0 Å². The third-order valence-corrected chi connectivity index (χ3v) is 0. The normalized spacial score (nSPS) is 12.0. The van der Waals surface area contributed by atoms with Crippen LogP contribution in [0, 0.1) is 0 Å². The topological polar surface area (TPSA) is 0 Å². The van der Waals surface area contributed by atoms with Gasteiger partial charge in [-0.25, -0.2) is 0 Å². The third-order valence-electron chi connectivity index (χ3n) is 0. The SMILES string of the molecule is [CH3][Al-]([CH3])([Cl])[Cl]. The summed E-state index contributed by atoms with van der Waals surface area (Å²) in [6.45, 7) is 0. The van der Waals surface area contributed by atoms with Crippen LogP contribution in [-0.2, 0) is 0 Å². The maximum absolute atomic E-state index is 5.46. The molecule has 0 aromatic carbocycles. The molecule has 0 saturated heterocycles. The third kappa shape index (κ3) is 40.0. The van der Waals surface area contributed by atoms with E-state index in [4.69, 9.17) is 20.1 Å². The van der Waals surface area contributed by atoms with Gasteiger partial charge in [0.15, 0.2) is 0 Å². The molecule has 32 valence electrons. The average molecular weight is 128 g/mol. The number of halogens is 2. The van der Waals surface area contributed by atoms with Gasteiger partial charge in [0.1, 0.15) is 0 Å².